The Morgan fingerprint density at radius 3 is 2.54 bits per heavy atom. The molecule has 1 unspecified atom stereocenters. The van der Waals surface area contributed by atoms with Gasteiger partial charge in [-0.15, -0.1) is 0 Å². The number of nitrogens with one attached hydrogen (secondary N) is 1. The molecule has 1 aromatic carbocycles. The number of nitrogens with zero attached hydrogens (tertiary/aromatic N) is 4. The normalized spacial score (nSPS) is 12.1. The second-order valence-corrected chi connectivity index (χ2v) is 6.55. The van der Waals surface area contributed by atoms with Crippen LogP contribution in [0.25, 0.3) is 11.2 Å². The molecule has 0 spiro atoms. The highest BCUT2D eigenvalue weighted by atomic mass is 16.5. The molecule has 0 saturated heterocycles. The summed E-state index contributed by atoms with van der Waals surface area (Å²) in [6.07, 6.45) is 1.46. The van der Waals surface area contributed by atoms with Crippen molar-refractivity contribution in [1.29, 1.82) is 0 Å². The van der Waals surface area contributed by atoms with Gasteiger partial charge in [-0.3, -0.25) is 14.2 Å². The van der Waals surface area contributed by atoms with E-state index in [9.17, 15) is 14.4 Å². The van der Waals surface area contributed by atoms with Crippen molar-refractivity contribution in [2.45, 2.75) is 26.4 Å². The molecule has 148 valence electrons. The minimum absolute atomic E-state index is 0.273. The topological polar surface area (TPSA) is 100 Å². The summed E-state index contributed by atoms with van der Waals surface area (Å²) in [5.74, 6) is 0.325. The third-order valence-corrected chi connectivity index (χ3v) is 4.57. The van der Waals surface area contributed by atoms with Crippen LogP contribution < -0.4 is 21.3 Å². The van der Waals surface area contributed by atoms with Crippen LogP contribution in [0.3, 0.4) is 0 Å². The van der Waals surface area contributed by atoms with E-state index in [4.69, 9.17) is 4.74 Å². The quantitative estimate of drug-likeness (QED) is 0.674. The van der Waals surface area contributed by atoms with E-state index in [2.05, 4.69) is 10.3 Å². The van der Waals surface area contributed by atoms with Gasteiger partial charge in [-0.1, -0.05) is 12.1 Å². The molecular formula is C19H23N5O4. The van der Waals surface area contributed by atoms with Gasteiger partial charge in [0, 0.05) is 14.1 Å². The number of hydrogen-bond acceptors (Lipinski definition) is 5. The van der Waals surface area contributed by atoms with E-state index in [1.54, 1.807) is 7.05 Å². The van der Waals surface area contributed by atoms with Crippen molar-refractivity contribution in [3.05, 3.63) is 57.0 Å². The molecule has 0 aliphatic carbocycles. The van der Waals surface area contributed by atoms with Crippen LogP contribution in [0.5, 0.6) is 5.75 Å². The Morgan fingerprint density at radius 2 is 1.89 bits per heavy atom. The van der Waals surface area contributed by atoms with Crippen molar-refractivity contribution in [2.75, 3.05) is 6.61 Å². The van der Waals surface area contributed by atoms with Crippen molar-refractivity contribution < 1.29 is 9.53 Å². The lowest BCUT2D eigenvalue weighted by Gasteiger charge is -2.16. The highest BCUT2D eigenvalue weighted by Crippen LogP contribution is 2.17. The number of benzene rings is 1. The summed E-state index contributed by atoms with van der Waals surface area (Å²) < 4.78 is 9.13. The molecule has 3 rings (SSSR count). The summed E-state index contributed by atoms with van der Waals surface area (Å²) in [6.45, 7) is 3.95. The van der Waals surface area contributed by atoms with E-state index in [1.807, 2.05) is 38.1 Å². The molecule has 0 aliphatic heterocycles. The van der Waals surface area contributed by atoms with Crippen molar-refractivity contribution in [1.82, 2.24) is 24.0 Å². The van der Waals surface area contributed by atoms with Crippen LogP contribution in [0.4, 0.5) is 0 Å². The first kappa shape index (κ1) is 19.4. The zero-order chi connectivity index (χ0) is 20.4. The highest BCUT2D eigenvalue weighted by molar-refractivity contribution is 5.77. The number of fused-ring (bicyclic) bond motifs is 1. The van der Waals surface area contributed by atoms with Crippen LogP contribution in [0.2, 0.25) is 0 Å². The van der Waals surface area contributed by atoms with Crippen molar-refractivity contribution in [3.8, 4) is 5.75 Å². The smallest absolute Gasteiger partial charge is 0.332 e. The summed E-state index contributed by atoms with van der Waals surface area (Å²) in [5.41, 5.74) is 0.326. The van der Waals surface area contributed by atoms with Gasteiger partial charge >= 0.3 is 5.69 Å². The Kier molecular flexibility index (Phi) is 5.34. The van der Waals surface area contributed by atoms with Crippen LogP contribution >= 0.6 is 0 Å². The Labute approximate surface area is 161 Å². The predicted molar refractivity (Wildman–Crippen MR) is 104 cm³/mol. The second kappa shape index (κ2) is 7.71. The number of carbonyl (C=O) groups is 1. The number of carbonyl (C=O) groups excluding carboxylic acids is 1. The molecule has 1 atom stereocenters. The number of aromatic nitrogens is 4. The summed E-state index contributed by atoms with van der Waals surface area (Å²) in [7, 11) is 3.19. The Bertz CT molecular complexity index is 1120. The molecule has 9 heteroatoms. The third kappa shape index (κ3) is 3.55. The first-order valence-electron chi connectivity index (χ1n) is 8.96. The van der Waals surface area contributed by atoms with Gasteiger partial charge < -0.3 is 14.6 Å². The van der Waals surface area contributed by atoms with Gasteiger partial charge in [0.2, 0.25) is 5.91 Å². The minimum Gasteiger partial charge on any atom is -0.494 e. The van der Waals surface area contributed by atoms with Gasteiger partial charge in [-0.25, -0.2) is 14.3 Å². The van der Waals surface area contributed by atoms with Crippen LogP contribution in [-0.4, -0.2) is 31.2 Å². The maximum Gasteiger partial charge on any atom is 0.332 e. The summed E-state index contributed by atoms with van der Waals surface area (Å²) in [6, 6.07) is 7.10. The van der Waals surface area contributed by atoms with Gasteiger partial charge in [0.15, 0.2) is 11.2 Å². The predicted octanol–water partition coefficient (Wildman–Crippen LogP) is 0.710. The average molecular weight is 385 g/mol. The molecule has 0 saturated carbocycles. The number of amides is 1. The fourth-order valence-corrected chi connectivity index (χ4v) is 3.07. The van der Waals surface area contributed by atoms with E-state index in [0.29, 0.717) is 6.61 Å². The standard InChI is InChI=1S/C19H23N5O4/c1-5-28-14-8-6-13(7-9-14)12(2)21-15(25)10-24-18(26)16-17(20-11-22(16)3)23(4)19(24)27/h6-9,11-12H,5,10H2,1-4H3,(H,21,25). The van der Waals surface area contributed by atoms with Gasteiger partial charge in [0.05, 0.1) is 19.0 Å². The molecule has 28 heavy (non-hydrogen) atoms. The number of imidazole rings is 1. The summed E-state index contributed by atoms with van der Waals surface area (Å²) in [5, 5.41) is 2.82. The first-order chi connectivity index (χ1) is 13.3. The number of aryl methyl sites for hydroxylation is 2. The van der Waals surface area contributed by atoms with Gasteiger partial charge in [0.25, 0.3) is 5.56 Å². The van der Waals surface area contributed by atoms with Crippen molar-refractivity contribution in [3.63, 3.8) is 0 Å². The SMILES string of the molecule is CCOc1ccc(C(C)NC(=O)Cn2c(=O)c3c(ncn3C)n(C)c2=O)cc1. The number of ether oxygens (including phenoxy) is 1. The molecule has 1 N–H and O–H groups in total. The van der Waals surface area contributed by atoms with Crippen LogP contribution in [0.15, 0.2) is 40.2 Å². The van der Waals surface area contributed by atoms with E-state index in [0.717, 1.165) is 15.9 Å². The van der Waals surface area contributed by atoms with E-state index in [-0.39, 0.29) is 23.8 Å². The summed E-state index contributed by atoms with van der Waals surface area (Å²) in [4.78, 5) is 41.7. The lowest BCUT2D eigenvalue weighted by Crippen LogP contribution is -2.43. The Balaban J connectivity index is 1.80. The molecule has 0 fully saturated rings. The van der Waals surface area contributed by atoms with E-state index >= 15 is 0 Å². The van der Waals surface area contributed by atoms with Crippen LogP contribution in [-0.2, 0) is 25.4 Å². The van der Waals surface area contributed by atoms with Gasteiger partial charge in [-0.2, -0.15) is 0 Å². The minimum atomic E-state index is -0.583. The molecule has 0 radical (unpaired) electrons. The number of hydrogen-bond donors (Lipinski definition) is 1. The highest BCUT2D eigenvalue weighted by Gasteiger charge is 2.18. The average Bonchev–Trinajstić information content (AvgIpc) is 3.06. The molecule has 0 bridgehead atoms. The van der Waals surface area contributed by atoms with Crippen LogP contribution in [0.1, 0.15) is 25.5 Å². The lowest BCUT2D eigenvalue weighted by molar-refractivity contribution is -0.122. The van der Waals surface area contributed by atoms with Gasteiger partial charge in [0.1, 0.15) is 12.3 Å². The van der Waals surface area contributed by atoms with Crippen LogP contribution in [0, 0.1) is 0 Å². The Morgan fingerprint density at radius 1 is 1.21 bits per heavy atom. The van der Waals surface area contributed by atoms with Gasteiger partial charge in [-0.05, 0) is 31.5 Å². The maximum atomic E-state index is 12.7. The third-order valence-electron chi connectivity index (χ3n) is 4.57. The fraction of sp³-hybridized carbons (Fsp3) is 0.368. The second-order valence-electron chi connectivity index (χ2n) is 6.55. The zero-order valence-electron chi connectivity index (χ0n) is 16.3. The molecule has 3 aromatic rings. The van der Waals surface area contributed by atoms with Crippen molar-refractivity contribution in [2.24, 2.45) is 14.1 Å². The molecular weight excluding hydrogens is 362 g/mol. The fourth-order valence-electron chi connectivity index (χ4n) is 3.07. The molecule has 1 amide bonds. The lowest BCUT2D eigenvalue weighted by atomic mass is 10.1. The summed E-state index contributed by atoms with van der Waals surface area (Å²) >= 11 is 0. The van der Waals surface area contributed by atoms with E-state index in [1.165, 1.54) is 22.5 Å². The Hall–Kier alpha value is -3.36. The largest absolute Gasteiger partial charge is 0.494 e. The molecule has 2 aromatic heterocycles. The molecule has 9 nitrogen and oxygen atoms in total. The van der Waals surface area contributed by atoms with E-state index < -0.39 is 17.2 Å². The first-order valence-corrected chi connectivity index (χ1v) is 8.96. The monoisotopic (exact) mass is 385 g/mol. The zero-order valence-corrected chi connectivity index (χ0v) is 16.3. The van der Waals surface area contributed by atoms with Crippen molar-refractivity contribution >= 4 is 17.1 Å². The molecule has 0 aliphatic rings. The maximum absolute atomic E-state index is 12.7. The molecule has 2 heterocycles. The number of rotatable bonds is 6.